The van der Waals surface area contributed by atoms with E-state index in [1.807, 2.05) is 11.8 Å². The molecule has 0 atom stereocenters. The van der Waals surface area contributed by atoms with Gasteiger partial charge < -0.3 is 9.47 Å². The van der Waals surface area contributed by atoms with Crippen molar-refractivity contribution in [3.05, 3.63) is 193 Å². The van der Waals surface area contributed by atoms with Crippen LogP contribution < -0.4 is 4.90 Å². The molecular formula is C49H36N2S. The van der Waals surface area contributed by atoms with E-state index in [1.54, 1.807) is 0 Å². The molecule has 2 nitrogen and oxygen atoms in total. The fourth-order valence-electron chi connectivity index (χ4n) is 8.16. The lowest BCUT2D eigenvalue weighted by Gasteiger charge is -2.35. The molecule has 0 saturated heterocycles. The standard InChI is InChI=1S/C49H36N2S/c1-49(2)43-17-9-11-19-47(43)52-48-32-40(27-28-44(48)49)50(39-26-22-33-12-6-7-13-35(33)30-39)38-24-20-34(21-25-38)36-23-29-46-42(31-36)41-16-8-10-18-45(41)51(46)37-14-4-3-5-15-37/h3-32H,1-2H3. The Balaban J connectivity index is 1.08. The number of para-hydroxylation sites is 2. The van der Waals surface area contributed by atoms with Gasteiger partial charge >= 0.3 is 0 Å². The summed E-state index contributed by atoms with van der Waals surface area (Å²) in [5.41, 5.74) is 12.1. The first-order chi connectivity index (χ1) is 25.5. The van der Waals surface area contributed by atoms with Gasteiger partial charge in [-0.15, -0.1) is 0 Å². The van der Waals surface area contributed by atoms with E-state index in [0.717, 1.165) is 17.1 Å². The minimum Gasteiger partial charge on any atom is -0.310 e. The molecule has 8 aromatic carbocycles. The minimum atomic E-state index is -0.0698. The van der Waals surface area contributed by atoms with Crippen LogP contribution in [0.1, 0.15) is 25.0 Å². The van der Waals surface area contributed by atoms with E-state index < -0.39 is 0 Å². The molecule has 1 aliphatic rings. The molecule has 0 unspecified atom stereocenters. The Labute approximate surface area is 308 Å². The predicted octanol–water partition coefficient (Wildman–Crippen LogP) is 13.9. The average Bonchev–Trinajstić information content (AvgIpc) is 3.52. The molecule has 1 aromatic heterocycles. The van der Waals surface area contributed by atoms with Crippen LogP contribution in [0.4, 0.5) is 17.1 Å². The summed E-state index contributed by atoms with van der Waals surface area (Å²) in [6, 6.07) is 66.6. The summed E-state index contributed by atoms with van der Waals surface area (Å²) < 4.78 is 2.37. The van der Waals surface area contributed by atoms with Gasteiger partial charge in [-0.05, 0) is 106 Å². The van der Waals surface area contributed by atoms with Gasteiger partial charge in [0.25, 0.3) is 0 Å². The largest absolute Gasteiger partial charge is 0.310 e. The molecule has 0 amide bonds. The SMILES string of the molecule is CC1(C)c2ccccc2Sc2cc(N(c3ccc(-c4ccc5c(c4)c4ccccc4n5-c4ccccc4)cc3)c3ccc4ccccc4c3)ccc21. The van der Waals surface area contributed by atoms with Crippen molar-refractivity contribution in [2.75, 3.05) is 4.90 Å². The molecule has 1 aliphatic heterocycles. The first-order valence-corrected chi connectivity index (χ1v) is 18.7. The highest BCUT2D eigenvalue weighted by atomic mass is 32.2. The predicted molar refractivity (Wildman–Crippen MR) is 221 cm³/mol. The fraction of sp³-hybridized carbons (Fsp3) is 0.0612. The number of benzene rings is 8. The average molecular weight is 685 g/mol. The molecule has 0 bridgehead atoms. The van der Waals surface area contributed by atoms with Crippen LogP contribution in [0.15, 0.2) is 192 Å². The van der Waals surface area contributed by atoms with E-state index in [1.165, 1.54) is 70.3 Å². The van der Waals surface area contributed by atoms with E-state index in [2.05, 4.69) is 205 Å². The van der Waals surface area contributed by atoms with E-state index >= 15 is 0 Å². The van der Waals surface area contributed by atoms with Gasteiger partial charge in [0.2, 0.25) is 0 Å². The van der Waals surface area contributed by atoms with Crippen LogP contribution in [0.2, 0.25) is 0 Å². The summed E-state index contributed by atoms with van der Waals surface area (Å²) >= 11 is 1.88. The number of hydrogen-bond acceptors (Lipinski definition) is 2. The third-order valence-corrected chi connectivity index (χ3v) is 11.9. The molecule has 9 aromatic rings. The molecule has 2 heterocycles. The maximum Gasteiger partial charge on any atom is 0.0541 e. The summed E-state index contributed by atoms with van der Waals surface area (Å²) in [7, 11) is 0. The Morgan fingerprint density at radius 3 is 1.94 bits per heavy atom. The highest BCUT2D eigenvalue weighted by Crippen LogP contribution is 2.51. The zero-order valence-corrected chi connectivity index (χ0v) is 29.9. The third kappa shape index (κ3) is 4.96. The lowest BCUT2D eigenvalue weighted by atomic mass is 9.77. The highest BCUT2D eigenvalue weighted by Gasteiger charge is 2.33. The molecule has 3 heteroatoms. The van der Waals surface area contributed by atoms with Crippen LogP contribution in [-0.2, 0) is 5.41 Å². The number of rotatable bonds is 5. The minimum absolute atomic E-state index is 0.0698. The molecule has 248 valence electrons. The van der Waals surface area contributed by atoms with Gasteiger partial charge in [0.1, 0.15) is 0 Å². The van der Waals surface area contributed by atoms with Crippen molar-refractivity contribution < 1.29 is 0 Å². The molecule has 0 saturated carbocycles. The molecule has 0 N–H and O–H groups in total. The summed E-state index contributed by atoms with van der Waals surface area (Å²) in [5.74, 6) is 0. The first-order valence-electron chi connectivity index (χ1n) is 17.9. The zero-order valence-electron chi connectivity index (χ0n) is 29.1. The lowest BCUT2D eigenvalue weighted by molar-refractivity contribution is 0.607. The normalized spacial score (nSPS) is 13.3. The second-order valence-electron chi connectivity index (χ2n) is 14.2. The second kappa shape index (κ2) is 12.0. The van der Waals surface area contributed by atoms with E-state index in [-0.39, 0.29) is 5.41 Å². The van der Waals surface area contributed by atoms with E-state index in [0.29, 0.717) is 0 Å². The van der Waals surface area contributed by atoms with Crippen molar-refractivity contribution in [3.8, 4) is 16.8 Å². The van der Waals surface area contributed by atoms with Gasteiger partial charge in [-0.2, -0.15) is 0 Å². The monoisotopic (exact) mass is 684 g/mol. The molecular weight excluding hydrogens is 649 g/mol. The highest BCUT2D eigenvalue weighted by molar-refractivity contribution is 7.99. The molecule has 0 radical (unpaired) electrons. The molecule has 0 fully saturated rings. The Kier molecular flexibility index (Phi) is 7.12. The topological polar surface area (TPSA) is 8.17 Å². The smallest absolute Gasteiger partial charge is 0.0541 e. The Hall–Kier alpha value is -6.03. The fourth-order valence-corrected chi connectivity index (χ4v) is 9.59. The van der Waals surface area contributed by atoms with Gasteiger partial charge in [0, 0.05) is 48.7 Å². The maximum absolute atomic E-state index is 2.40. The number of nitrogens with zero attached hydrogens (tertiary/aromatic N) is 2. The van der Waals surface area contributed by atoms with Crippen molar-refractivity contribution in [2.24, 2.45) is 0 Å². The Morgan fingerprint density at radius 1 is 0.442 bits per heavy atom. The van der Waals surface area contributed by atoms with Crippen LogP contribution in [0, 0.1) is 0 Å². The van der Waals surface area contributed by atoms with Crippen molar-refractivity contribution in [1.29, 1.82) is 0 Å². The molecule has 0 aliphatic carbocycles. The summed E-state index contributed by atoms with van der Waals surface area (Å²) in [6.45, 7) is 4.70. The molecule has 0 spiro atoms. The zero-order chi connectivity index (χ0) is 34.8. The summed E-state index contributed by atoms with van der Waals surface area (Å²) in [5, 5.41) is 4.99. The Bertz CT molecular complexity index is 2790. The van der Waals surface area contributed by atoms with Crippen LogP contribution in [0.25, 0.3) is 49.4 Å². The van der Waals surface area contributed by atoms with Gasteiger partial charge in [-0.3, -0.25) is 0 Å². The third-order valence-electron chi connectivity index (χ3n) is 10.8. The van der Waals surface area contributed by atoms with Crippen molar-refractivity contribution in [3.63, 3.8) is 0 Å². The lowest BCUT2D eigenvalue weighted by Crippen LogP contribution is -2.24. The van der Waals surface area contributed by atoms with Crippen LogP contribution in [-0.4, -0.2) is 4.57 Å². The van der Waals surface area contributed by atoms with Crippen molar-refractivity contribution in [1.82, 2.24) is 4.57 Å². The molecule has 52 heavy (non-hydrogen) atoms. The Morgan fingerprint density at radius 2 is 1.08 bits per heavy atom. The summed E-state index contributed by atoms with van der Waals surface area (Å²) in [4.78, 5) is 5.05. The van der Waals surface area contributed by atoms with Crippen LogP contribution in [0.3, 0.4) is 0 Å². The number of aromatic nitrogens is 1. The number of anilines is 3. The van der Waals surface area contributed by atoms with Gasteiger partial charge in [0.05, 0.1) is 11.0 Å². The number of fused-ring (bicyclic) bond motifs is 6. The first kappa shape index (κ1) is 30.8. The van der Waals surface area contributed by atoms with Gasteiger partial charge in [-0.1, -0.05) is 135 Å². The van der Waals surface area contributed by atoms with Crippen molar-refractivity contribution in [2.45, 2.75) is 29.1 Å². The second-order valence-corrected chi connectivity index (χ2v) is 15.3. The van der Waals surface area contributed by atoms with Crippen LogP contribution in [0.5, 0.6) is 0 Å². The number of hydrogen-bond donors (Lipinski definition) is 0. The van der Waals surface area contributed by atoms with E-state index in [9.17, 15) is 0 Å². The quantitative estimate of drug-likeness (QED) is 0.178. The van der Waals surface area contributed by atoms with Crippen molar-refractivity contribution >= 4 is 61.4 Å². The van der Waals surface area contributed by atoms with E-state index in [4.69, 9.17) is 0 Å². The van der Waals surface area contributed by atoms with Gasteiger partial charge in [-0.25, -0.2) is 0 Å². The van der Waals surface area contributed by atoms with Crippen LogP contribution >= 0.6 is 11.8 Å². The van der Waals surface area contributed by atoms with Gasteiger partial charge in [0.15, 0.2) is 0 Å². The summed E-state index contributed by atoms with van der Waals surface area (Å²) in [6.07, 6.45) is 0. The maximum atomic E-state index is 2.40. The molecule has 10 rings (SSSR count).